The van der Waals surface area contributed by atoms with Gasteiger partial charge in [-0.3, -0.25) is 10.1 Å². The van der Waals surface area contributed by atoms with Crippen LogP contribution in [0.3, 0.4) is 0 Å². The van der Waals surface area contributed by atoms with Crippen LogP contribution in [0.1, 0.15) is 31.0 Å². The molecule has 2 aromatic carbocycles. The van der Waals surface area contributed by atoms with Gasteiger partial charge in [-0.2, -0.15) is 0 Å². The zero-order valence-corrected chi connectivity index (χ0v) is 20.8. The van der Waals surface area contributed by atoms with Crippen LogP contribution < -0.4 is 14.4 Å². The van der Waals surface area contributed by atoms with E-state index in [0.29, 0.717) is 29.2 Å². The first kappa shape index (κ1) is 25.7. The highest BCUT2D eigenvalue weighted by atomic mass is 16.7. The molecule has 0 saturated heterocycles. The maximum Gasteiger partial charge on any atom is 0.329 e. The van der Waals surface area contributed by atoms with Crippen molar-refractivity contribution in [2.24, 2.45) is 0 Å². The van der Waals surface area contributed by atoms with E-state index in [4.69, 9.17) is 23.7 Å². The Kier molecular flexibility index (Phi) is 7.07. The lowest BCUT2D eigenvalue weighted by Crippen LogP contribution is -2.63. The molecule has 4 atom stereocenters. The Morgan fingerprint density at radius 2 is 1.97 bits per heavy atom. The van der Waals surface area contributed by atoms with Crippen molar-refractivity contribution >= 4 is 17.3 Å². The second kappa shape index (κ2) is 9.92. The second-order valence-corrected chi connectivity index (χ2v) is 8.83. The van der Waals surface area contributed by atoms with Crippen LogP contribution in [-0.4, -0.2) is 68.0 Å². The van der Waals surface area contributed by atoms with Gasteiger partial charge in [-0.1, -0.05) is 0 Å². The minimum Gasteiger partial charge on any atom is -0.497 e. The number of rotatable bonds is 8. The van der Waals surface area contributed by atoms with Crippen LogP contribution in [0.15, 0.2) is 36.4 Å². The molecule has 2 aromatic rings. The van der Waals surface area contributed by atoms with Crippen molar-refractivity contribution in [2.75, 3.05) is 32.8 Å². The van der Waals surface area contributed by atoms with Gasteiger partial charge in [0.15, 0.2) is 11.9 Å². The fraction of sp³-hybridized carbons (Fsp3) is 0.480. The number of nitro benzene ring substituents is 1. The summed E-state index contributed by atoms with van der Waals surface area (Å²) in [6.45, 7) is 3.53. The number of fused-ring (bicyclic) bond motifs is 2. The van der Waals surface area contributed by atoms with Gasteiger partial charge in [0.2, 0.25) is 0 Å². The molecule has 4 rings (SSSR count). The van der Waals surface area contributed by atoms with Crippen molar-refractivity contribution in [3.63, 3.8) is 0 Å². The molecule has 0 fully saturated rings. The highest BCUT2D eigenvalue weighted by Gasteiger charge is 2.56. The summed E-state index contributed by atoms with van der Waals surface area (Å²) in [7, 11) is 4.40. The zero-order valence-electron chi connectivity index (χ0n) is 20.8. The number of nitrogens with zero attached hydrogens (tertiary/aromatic N) is 2. The number of nitro groups is 1. The average molecular weight is 503 g/mol. The molecular formula is C25H30N2O9. The molecule has 194 valence electrons. The van der Waals surface area contributed by atoms with Gasteiger partial charge in [-0.05, 0) is 43.7 Å². The topological polar surface area (TPSA) is 130 Å². The molecule has 2 aliphatic heterocycles. The normalized spacial score (nSPS) is 24.6. The van der Waals surface area contributed by atoms with Crippen molar-refractivity contribution in [1.82, 2.24) is 0 Å². The van der Waals surface area contributed by atoms with Crippen LogP contribution in [0, 0.1) is 10.1 Å². The van der Waals surface area contributed by atoms with E-state index in [0.717, 1.165) is 5.56 Å². The highest BCUT2D eigenvalue weighted by Crippen LogP contribution is 2.50. The van der Waals surface area contributed by atoms with E-state index in [1.54, 1.807) is 38.0 Å². The minimum atomic E-state index is -1.42. The van der Waals surface area contributed by atoms with E-state index in [1.807, 2.05) is 6.07 Å². The predicted octanol–water partition coefficient (Wildman–Crippen LogP) is 2.77. The first-order valence-corrected chi connectivity index (χ1v) is 11.5. The number of esters is 1. The first-order chi connectivity index (χ1) is 17.2. The van der Waals surface area contributed by atoms with Crippen LogP contribution in [0.4, 0.5) is 11.4 Å². The number of hydrogen-bond acceptors (Lipinski definition) is 10. The van der Waals surface area contributed by atoms with E-state index >= 15 is 0 Å². The zero-order chi connectivity index (χ0) is 26.2. The summed E-state index contributed by atoms with van der Waals surface area (Å²) in [6, 6.07) is 7.82. The van der Waals surface area contributed by atoms with Gasteiger partial charge in [0, 0.05) is 44.0 Å². The molecule has 0 unspecified atom stereocenters. The molecule has 0 aromatic heterocycles. The number of benzene rings is 2. The van der Waals surface area contributed by atoms with Crippen LogP contribution in [0.2, 0.25) is 0 Å². The summed E-state index contributed by atoms with van der Waals surface area (Å²) in [5, 5.41) is 23.5. The predicted molar refractivity (Wildman–Crippen MR) is 128 cm³/mol. The smallest absolute Gasteiger partial charge is 0.329 e. The Morgan fingerprint density at radius 3 is 2.58 bits per heavy atom. The Balaban J connectivity index is 1.94. The fourth-order valence-electron chi connectivity index (χ4n) is 5.17. The summed E-state index contributed by atoms with van der Waals surface area (Å²) < 4.78 is 27.9. The maximum atomic E-state index is 13.2. The van der Waals surface area contributed by atoms with E-state index in [-0.39, 0.29) is 12.3 Å². The molecule has 0 saturated carbocycles. The molecule has 1 N–H and O–H groups in total. The van der Waals surface area contributed by atoms with Gasteiger partial charge in [0.05, 0.1) is 24.7 Å². The number of hydrogen-bond donors (Lipinski definition) is 1. The van der Waals surface area contributed by atoms with Gasteiger partial charge < -0.3 is 33.7 Å². The lowest BCUT2D eigenvalue weighted by molar-refractivity contribution is -0.385. The summed E-state index contributed by atoms with van der Waals surface area (Å²) in [5.74, 6) is 0.447. The molecule has 0 aliphatic carbocycles. The highest BCUT2D eigenvalue weighted by molar-refractivity contribution is 5.85. The number of ether oxygens (including phenoxy) is 5. The van der Waals surface area contributed by atoms with Crippen molar-refractivity contribution in [3.8, 4) is 11.5 Å². The number of carbonyl (C=O) groups is 1. The van der Waals surface area contributed by atoms with Crippen LogP contribution in [0.5, 0.6) is 11.5 Å². The number of aliphatic hydroxyl groups excluding tert-OH is 1. The first-order valence-electron chi connectivity index (χ1n) is 11.5. The third kappa shape index (κ3) is 4.12. The molecule has 2 heterocycles. The lowest BCUT2D eigenvalue weighted by Gasteiger charge is -2.50. The number of methoxy groups -OCH3 is 3. The molecule has 0 radical (unpaired) electrons. The molecule has 0 spiro atoms. The molecule has 11 nitrogen and oxygen atoms in total. The molecule has 11 heteroatoms. The number of carbonyl (C=O) groups excluding carboxylic acids is 1. The standard InChI is InChI=1S/C25H30N2O9/c1-6-35-23(29)19-12-14-11-16(32-3)8-9-18(14)26(19)21-17-13-15(27(30)31)7-10-20(17)36-25(2,22(21)28)24(33-4)34-5/h7-11,13,19,21-22,24,28H,6,12H2,1-5H3/t19-,21-,22+,25+/m1/s1. The lowest BCUT2D eigenvalue weighted by atomic mass is 9.83. The van der Waals surface area contributed by atoms with Crippen LogP contribution in [0.25, 0.3) is 0 Å². The van der Waals surface area contributed by atoms with Gasteiger partial charge in [0.1, 0.15) is 23.6 Å². The van der Waals surface area contributed by atoms with Crippen LogP contribution in [-0.2, 0) is 25.4 Å². The van der Waals surface area contributed by atoms with Crippen molar-refractivity contribution in [3.05, 3.63) is 57.6 Å². The number of aliphatic hydroxyl groups is 1. The van der Waals surface area contributed by atoms with Crippen molar-refractivity contribution < 1.29 is 38.5 Å². The van der Waals surface area contributed by atoms with Crippen molar-refractivity contribution in [2.45, 2.75) is 50.3 Å². The van der Waals surface area contributed by atoms with E-state index in [9.17, 15) is 20.0 Å². The largest absolute Gasteiger partial charge is 0.497 e. The fourth-order valence-corrected chi connectivity index (χ4v) is 5.17. The van der Waals surface area contributed by atoms with Gasteiger partial charge in [-0.15, -0.1) is 0 Å². The molecule has 0 amide bonds. The third-order valence-electron chi connectivity index (χ3n) is 6.81. The van der Waals surface area contributed by atoms with Gasteiger partial charge in [0.25, 0.3) is 5.69 Å². The van der Waals surface area contributed by atoms with Gasteiger partial charge in [-0.25, -0.2) is 4.79 Å². The Bertz CT molecular complexity index is 1150. The quantitative estimate of drug-likeness (QED) is 0.249. The number of non-ortho nitro benzene ring substituents is 1. The van der Waals surface area contributed by atoms with E-state index < -0.39 is 41.0 Å². The minimum absolute atomic E-state index is 0.171. The molecule has 36 heavy (non-hydrogen) atoms. The second-order valence-electron chi connectivity index (χ2n) is 8.83. The summed E-state index contributed by atoms with van der Waals surface area (Å²) in [4.78, 5) is 26.0. The maximum absolute atomic E-state index is 13.2. The third-order valence-corrected chi connectivity index (χ3v) is 6.81. The number of anilines is 1. The van der Waals surface area contributed by atoms with Gasteiger partial charge >= 0.3 is 5.97 Å². The van der Waals surface area contributed by atoms with Crippen molar-refractivity contribution in [1.29, 1.82) is 0 Å². The monoisotopic (exact) mass is 502 g/mol. The SMILES string of the molecule is CCOC(=O)[C@H]1Cc2cc(OC)ccc2N1[C@@H]1c2cc([N+](=O)[O-])ccc2O[C@](C)(C(OC)OC)[C@H]1O. The summed E-state index contributed by atoms with van der Waals surface area (Å²) in [6.07, 6.45) is -2.02. The molecule has 0 bridgehead atoms. The summed E-state index contributed by atoms with van der Waals surface area (Å²) >= 11 is 0. The Labute approximate surface area is 208 Å². The Morgan fingerprint density at radius 1 is 1.25 bits per heavy atom. The molecular weight excluding hydrogens is 472 g/mol. The average Bonchev–Trinajstić information content (AvgIpc) is 3.23. The van der Waals surface area contributed by atoms with E-state index in [1.165, 1.54) is 32.4 Å². The van der Waals surface area contributed by atoms with E-state index in [2.05, 4.69) is 0 Å². The summed E-state index contributed by atoms with van der Waals surface area (Å²) in [5.41, 5.74) is 0.250. The van der Waals surface area contributed by atoms with Crippen LogP contribution >= 0.6 is 0 Å². The Hall–Kier alpha value is -3.41. The molecule has 2 aliphatic rings.